The van der Waals surface area contributed by atoms with E-state index in [1.54, 1.807) is 19.2 Å². The van der Waals surface area contributed by atoms with Crippen molar-refractivity contribution < 1.29 is 23.8 Å². The predicted molar refractivity (Wildman–Crippen MR) is 125 cm³/mol. The van der Waals surface area contributed by atoms with Crippen molar-refractivity contribution in [3.63, 3.8) is 0 Å². The predicted octanol–water partition coefficient (Wildman–Crippen LogP) is 2.62. The fourth-order valence-electron chi connectivity index (χ4n) is 4.01. The molecule has 2 aromatic carbocycles. The van der Waals surface area contributed by atoms with E-state index in [4.69, 9.17) is 14.2 Å². The molecule has 33 heavy (non-hydrogen) atoms. The monoisotopic (exact) mass is 451 g/mol. The summed E-state index contributed by atoms with van der Waals surface area (Å²) in [6.07, 6.45) is 0. The van der Waals surface area contributed by atoms with E-state index < -0.39 is 0 Å². The van der Waals surface area contributed by atoms with Crippen LogP contribution in [-0.4, -0.2) is 74.7 Å². The van der Waals surface area contributed by atoms with E-state index in [0.29, 0.717) is 55.5 Å². The zero-order chi connectivity index (χ0) is 23.2. The van der Waals surface area contributed by atoms with Crippen LogP contribution in [0.3, 0.4) is 0 Å². The molecule has 0 aliphatic carbocycles. The minimum atomic E-state index is -0.344. The fraction of sp³-hybridized carbons (Fsp3) is 0.360. The average Bonchev–Trinajstić information content (AvgIpc) is 3.08. The minimum absolute atomic E-state index is 0.246. The molecule has 2 heterocycles. The van der Waals surface area contributed by atoms with Crippen molar-refractivity contribution in [1.82, 2.24) is 9.80 Å². The van der Waals surface area contributed by atoms with Crippen LogP contribution in [0.4, 0.5) is 5.69 Å². The van der Waals surface area contributed by atoms with Crippen molar-refractivity contribution in [3.8, 4) is 11.5 Å². The Labute approximate surface area is 193 Å². The van der Waals surface area contributed by atoms with Crippen molar-refractivity contribution in [3.05, 3.63) is 59.8 Å². The lowest BCUT2D eigenvalue weighted by molar-refractivity contribution is -0.137. The molecule has 0 atom stereocenters. The highest BCUT2D eigenvalue weighted by Crippen LogP contribution is 2.35. The molecule has 2 aliphatic heterocycles. The number of ether oxygens (including phenoxy) is 3. The van der Waals surface area contributed by atoms with E-state index in [9.17, 15) is 9.59 Å². The molecule has 0 unspecified atom stereocenters. The summed E-state index contributed by atoms with van der Waals surface area (Å²) >= 11 is 0. The highest BCUT2D eigenvalue weighted by molar-refractivity contribution is 6.37. The topological polar surface area (TPSA) is 80.3 Å². The SMILES string of the molecule is CCOc1ccc(NC2=C(c3ccccc3OC)C(=O)N(CCN3CCOCC3)C2=O)cc1. The maximum atomic E-state index is 13.5. The first-order valence-corrected chi connectivity index (χ1v) is 11.2. The summed E-state index contributed by atoms with van der Waals surface area (Å²) in [6, 6.07) is 14.5. The maximum Gasteiger partial charge on any atom is 0.278 e. The summed E-state index contributed by atoms with van der Waals surface area (Å²) in [7, 11) is 1.55. The van der Waals surface area contributed by atoms with E-state index in [-0.39, 0.29) is 17.5 Å². The molecule has 2 amide bonds. The number of hydrogen-bond acceptors (Lipinski definition) is 7. The summed E-state index contributed by atoms with van der Waals surface area (Å²) in [5.41, 5.74) is 1.83. The molecule has 4 rings (SSSR count). The first kappa shape index (κ1) is 22.8. The van der Waals surface area contributed by atoms with Gasteiger partial charge in [-0.05, 0) is 37.3 Å². The van der Waals surface area contributed by atoms with Crippen LogP contribution in [0.25, 0.3) is 5.57 Å². The molecule has 1 saturated heterocycles. The molecular formula is C25H29N3O5. The zero-order valence-electron chi connectivity index (χ0n) is 19.0. The molecule has 0 radical (unpaired) electrons. The van der Waals surface area contributed by atoms with E-state index in [0.717, 1.165) is 18.8 Å². The Bertz CT molecular complexity index is 1030. The molecule has 174 valence electrons. The van der Waals surface area contributed by atoms with Gasteiger partial charge in [0.1, 0.15) is 17.2 Å². The number of carbonyl (C=O) groups excluding carboxylic acids is 2. The van der Waals surface area contributed by atoms with Gasteiger partial charge in [0.2, 0.25) is 0 Å². The van der Waals surface area contributed by atoms with Crippen LogP contribution in [0, 0.1) is 0 Å². The number of para-hydroxylation sites is 1. The molecule has 2 aromatic rings. The third-order valence-corrected chi connectivity index (χ3v) is 5.72. The number of rotatable bonds is 9. The van der Waals surface area contributed by atoms with Crippen LogP contribution >= 0.6 is 0 Å². The van der Waals surface area contributed by atoms with E-state index in [1.165, 1.54) is 4.90 Å². The summed E-state index contributed by atoms with van der Waals surface area (Å²) in [5, 5.41) is 3.18. The van der Waals surface area contributed by atoms with Crippen molar-refractivity contribution in [2.75, 3.05) is 58.4 Å². The smallest absolute Gasteiger partial charge is 0.278 e. The van der Waals surface area contributed by atoms with E-state index >= 15 is 0 Å². The summed E-state index contributed by atoms with van der Waals surface area (Å²) in [5.74, 6) is 0.604. The lowest BCUT2D eigenvalue weighted by Gasteiger charge is -2.28. The highest BCUT2D eigenvalue weighted by Gasteiger charge is 2.40. The van der Waals surface area contributed by atoms with Crippen LogP contribution in [-0.2, 0) is 14.3 Å². The number of nitrogens with one attached hydrogen (secondary N) is 1. The molecule has 0 bridgehead atoms. The molecular weight excluding hydrogens is 422 g/mol. The molecule has 0 saturated carbocycles. The van der Waals surface area contributed by atoms with Gasteiger partial charge < -0.3 is 19.5 Å². The lowest BCUT2D eigenvalue weighted by atomic mass is 10.0. The van der Waals surface area contributed by atoms with Gasteiger partial charge in [-0.15, -0.1) is 0 Å². The van der Waals surface area contributed by atoms with Crippen LogP contribution in [0.1, 0.15) is 12.5 Å². The van der Waals surface area contributed by atoms with Gasteiger partial charge in [0, 0.05) is 37.4 Å². The molecule has 1 N–H and O–H groups in total. The van der Waals surface area contributed by atoms with E-state index in [2.05, 4.69) is 10.2 Å². The number of morpholine rings is 1. The second-order valence-corrected chi connectivity index (χ2v) is 7.75. The summed E-state index contributed by atoms with van der Waals surface area (Å²) in [6.45, 7) is 6.32. The second kappa shape index (κ2) is 10.5. The summed E-state index contributed by atoms with van der Waals surface area (Å²) < 4.78 is 16.4. The Morgan fingerprint density at radius 2 is 1.70 bits per heavy atom. The van der Waals surface area contributed by atoms with E-state index in [1.807, 2.05) is 43.3 Å². The van der Waals surface area contributed by atoms with Gasteiger partial charge in [0.25, 0.3) is 11.8 Å². The number of amides is 2. The van der Waals surface area contributed by atoms with Crippen molar-refractivity contribution in [1.29, 1.82) is 0 Å². The summed E-state index contributed by atoms with van der Waals surface area (Å²) in [4.78, 5) is 30.4. The number of anilines is 1. The Balaban J connectivity index is 1.63. The third kappa shape index (κ3) is 5.02. The molecule has 8 nitrogen and oxygen atoms in total. The molecule has 0 spiro atoms. The number of imide groups is 1. The quantitative estimate of drug-likeness (QED) is 0.587. The highest BCUT2D eigenvalue weighted by atomic mass is 16.5. The van der Waals surface area contributed by atoms with Crippen molar-refractivity contribution >= 4 is 23.1 Å². The standard InChI is InChI=1S/C25H29N3O5/c1-3-33-19-10-8-18(9-11-19)26-23-22(20-6-4-5-7-21(20)31-2)24(29)28(25(23)30)13-12-27-14-16-32-17-15-27/h4-11,26H,3,12-17H2,1-2H3. The lowest BCUT2D eigenvalue weighted by Crippen LogP contribution is -2.43. The Hall–Kier alpha value is -3.36. The van der Waals surface area contributed by atoms with Crippen LogP contribution in [0.15, 0.2) is 54.2 Å². The van der Waals surface area contributed by atoms with Crippen molar-refractivity contribution in [2.24, 2.45) is 0 Å². The number of hydrogen-bond donors (Lipinski definition) is 1. The van der Waals surface area contributed by atoms with Crippen LogP contribution in [0.5, 0.6) is 11.5 Å². The first-order valence-electron chi connectivity index (χ1n) is 11.2. The fourth-order valence-corrected chi connectivity index (χ4v) is 4.01. The number of carbonyl (C=O) groups is 2. The largest absolute Gasteiger partial charge is 0.496 e. The van der Waals surface area contributed by atoms with Gasteiger partial charge in [-0.2, -0.15) is 0 Å². The van der Waals surface area contributed by atoms with Gasteiger partial charge in [-0.3, -0.25) is 19.4 Å². The maximum absolute atomic E-state index is 13.5. The van der Waals surface area contributed by atoms with Crippen LogP contribution in [0.2, 0.25) is 0 Å². The van der Waals surface area contributed by atoms with Gasteiger partial charge >= 0.3 is 0 Å². The Kier molecular flexibility index (Phi) is 7.26. The normalized spacial score (nSPS) is 17.0. The number of methoxy groups -OCH3 is 1. The number of benzene rings is 2. The molecule has 1 fully saturated rings. The Morgan fingerprint density at radius 1 is 0.970 bits per heavy atom. The van der Waals surface area contributed by atoms with Crippen molar-refractivity contribution in [2.45, 2.75) is 6.92 Å². The molecule has 2 aliphatic rings. The van der Waals surface area contributed by atoms with Gasteiger partial charge in [-0.1, -0.05) is 18.2 Å². The molecule has 0 aromatic heterocycles. The second-order valence-electron chi connectivity index (χ2n) is 7.75. The number of nitrogens with zero attached hydrogens (tertiary/aromatic N) is 2. The average molecular weight is 452 g/mol. The van der Waals surface area contributed by atoms with Gasteiger partial charge in [0.05, 0.1) is 32.5 Å². The zero-order valence-corrected chi connectivity index (χ0v) is 19.0. The van der Waals surface area contributed by atoms with Gasteiger partial charge in [0.15, 0.2) is 0 Å². The minimum Gasteiger partial charge on any atom is -0.496 e. The Morgan fingerprint density at radius 3 is 2.39 bits per heavy atom. The first-order chi connectivity index (χ1) is 16.1. The molecule has 8 heteroatoms. The van der Waals surface area contributed by atoms with Crippen LogP contribution < -0.4 is 14.8 Å². The van der Waals surface area contributed by atoms with Gasteiger partial charge in [-0.25, -0.2) is 0 Å². The third-order valence-electron chi connectivity index (χ3n) is 5.72.